The summed E-state index contributed by atoms with van der Waals surface area (Å²) in [4.78, 5) is 12.3. The van der Waals surface area contributed by atoms with Gasteiger partial charge in [-0.25, -0.2) is 0 Å². The predicted molar refractivity (Wildman–Crippen MR) is 84.2 cm³/mol. The van der Waals surface area contributed by atoms with E-state index in [1.54, 1.807) is 0 Å². The van der Waals surface area contributed by atoms with Crippen LogP contribution < -0.4 is 5.32 Å². The van der Waals surface area contributed by atoms with E-state index in [0.29, 0.717) is 11.8 Å². The lowest BCUT2D eigenvalue weighted by molar-refractivity contribution is -0.122. The smallest absolute Gasteiger partial charge is 0.227 e. The maximum absolute atomic E-state index is 12.3. The minimum Gasteiger partial charge on any atom is -0.356 e. The number of carbonyl (C=O) groups is 1. The molecule has 0 saturated carbocycles. The fourth-order valence-corrected chi connectivity index (χ4v) is 3.04. The lowest BCUT2D eigenvalue weighted by Gasteiger charge is -2.24. The Balaban J connectivity index is 1.85. The standard InChI is InChI=1S/C17H24ClNO/c1-13(12-18)6-5-11-19-17(20)16-10-4-8-14-7-2-3-9-15(14)16/h2-3,7,9,13,16H,4-6,8,10-12H2,1H3,(H,19,20). The molecule has 1 aromatic carbocycles. The molecule has 1 aromatic rings. The van der Waals surface area contributed by atoms with Crippen molar-refractivity contribution in [3.8, 4) is 0 Å². The quantitative estimate of drug-likeness (QED) is 0.626. The molecule has 110 valence electrons. The fourth-order valence-electron chi connectivity index (χ4n) is 2.89. The van der Waals surface area contributed by atoms with Gasteiger partial charge in [0.25, 0.3) is 0 Å². The first-order valence-corrected chi connectivity index (χ1v) is 8.17. The molecule has 2 nitrogen and oxygen atoms in total. The summed E-state index contributed by atoms with van der Waals surface area (Å²) in [6.45, 7) is 2.91. The molecule has 0 spiro atoms. The molecule has 20 heavy (non-hydrogen) atoms. The summed E-state index contributed by atoms with van der Waals surface area (Å²) in [6, 6.07) is 8.35. The number of rotatable bonds is 6. The van der Waals surface area contributed by atoms with Gasteiger partial charge in [-0.15, -0.1) is 11.6 Å². The van der Waals surface area contributed by atoms with Crippen LogP contribution in [-0.4, -0.2) is 18.3 Å². The van der Waals surface area contributed by atoms with E-state index < -0.39 is 0 Å². The highest BCUT2D eigenvalue weighted by atomic mass is 35.5. The molecular weight excluding hydrogens is 270 g/mol. The second-order valence-corrected chi connectivity index (χ2v) is 6.14. The van der Waals surface area contributed by atoms with Crippen LogP contribution in [0.3, 0.4) is 0 Å². The SMILES string of the molecule is CC(CCl)CCCNC(=O)C1CCCc2ccccc21. The van der Waals surface area contributed by atoms with Gasteiger partial charge in [-0.3, -0.25) is 4.79 Å². The van der Waals surface area contributed by atoms with Gasteiger partial charge in [0.2, 0.25) is 5.91 Å². The van der Waals surface area contributed by atoms with E-state index in [0.717, 1.165) is 38.6 Å². The van der Waals surface area contributed by atoms with Crippen LogP contribution in [0.15, 0.2) is 24.3 Å². The number of hydrogen-bond acceptors (Lipinski definition) is 1. The zero-order valence-electron chi connectivity index (χ0n) is 12.2. The normalized spacial score (nSPS) is 19.2. The van der Waals surface area contributed by atoms with Crippen molar-refractivity contribution in [2.45, 2.75) is 44.9 Å². The van der Waals surface area contributed by atoms with Crippen LogP contribution in [0.4, 0.5) is 0 Å². The molecule has 0 aliphatic heterocycles. The van der Waals surface area contributed by atoms with Gasteiger partial charge in [0.15, 0.2) is 0 Å². The molecule has 1 aliphatic carbocycles. The zero-order chi connectivity index (χ0) is 14.4. The Bertz CT molecular complexity index is 446. The molecule has 0 fully saturated rings. The summed E-state index contributed by atoms with van der Waals surface area (Å²) in [7, 11) is 0. The van der Waals surface area contributed by atoms with Gasteiger partial charge in [-0.2, -0.15) is 0 Å². The average molecular weight is 294 g/mol. The highest BCUT2D eigenvalue weighted by molar-refractivity contribution is 6.18. The van der Waals surface area contributed by atoms with Gasteiger partial charge in [0.05, 0.1) is 5.92 Å². The number of carbonyl (C=O) groups excluding carboxylic acids is 1. The Labute approximate surface area is 126 Å². The van der Waals surface area contributed by atoms with E-state index in [2.05, 4.69) is 30.4 Å². The van der Waals surface area contributed by atoms with Crippen LogP contribution in [0.5, 0.6) is 0 Å². The molecule has 3 heteroatoms. The third kappa shape index (κ3) is 3.99. The average Bonchev–Trinajstić information content (AvgIpc) is 2.50. The van der Waals surface area contributed by atoms with Crippen molar-refractivity contribution >= 4 is 17.5 Å². The lowest BCUT2D eigenvalue weighted by atomic mass is 9.82. The van der Waals surface area contributed by atoms with Crippen molar-refractivity contribution in [3.05, 3.63) is 35.4 Å². The van der Waals surface area contributed by atoms with Gasteiger partial charge >= 0.3 is 0 Å². The summed E-state index contributed by atoms with van der Waals surface area (Å²) in [6.07, 6.45) is 5.27. The van der Waals surface area contributed by atoms with Gasteiger partial charge in [-0.05, 0) is 49.1 Å². The molecule has 2 atom stereocenters. The number of alkyl halides is 1. The van der Waals surface area contributed by atoms with E-state index in [1.165, 1.54) is 11.1 Å². The molecule has 0 radical (unpaired) electrons. The minimum atomic E-state index is 0.0467. The maximum Gasteiger partial charge on any atom is 0.227 e. The molecule has 1 aliphatic rings. The van der Waals surface area contributed by atoms with E-state index in [1.807, 2.05) is 6.07 Å². The fraction of sp³-hybridized carbons (Fsp3) is 0.588. The Kier molecular flexibility index (Phi) is 5.90. The number of benzene rings is 1. The van der Waals surface area contributed by atoms with Crippen LogP contribution in [0.2, 0.25) is 0 Å². The summed E-state index contributed by atoms with van der Waals surface area (Å²) < 4.78 is 0. The van der Waals surface area contributed by atoms with Crippen molar-refractivity contribution in [3.63, 3.8) is 0 Å². The molecule has 0 aromatic heterocycles. The van der Waals surface area contributed by atoms with Crippen LogP contribution in [0.25, 0.3) is 0 Å². The van der Waals surface area contributed by atoms with Crippen LogP contribution in [0, 0.1) is 5.92 Å². The minimum absolute atomic E-state index is 0.0467. The number of amides is 1. The molecular formula is C17H24ClNO. The van der Waals surface area contributed by atoms with Crippen LogP contribution in [0.1, 0.15) is 49.7 Å². The Hall–Kier alpha value is -1.02. The van der Waals surface area contributed by atoms with Gasteiger partial charge < -0.3 is 5.32 Å². The number of halogens is 1. The third-order valence-corrected chi connectivity index (χ3v) is 4.65. The largest absolute Gasteiger partial charge is 0.356 e. The molecule has 2 rings (SSSR count). The first kappa shape index (κ1) is 15.4. The summed E-state index contributed by atoms with van der Waals surface area (Å²) >= 11 is 5.78. The molecule has 1 amide bonds. The predicted octanol–water partition coefficient (Wildman–Crippen LogP) is 3.88. The van der Waals surface area contributed by atoms with E-state index >= 15 is 0 Å². The Morgan fingerprint density at radius 3 is 3.05 bits per heavy atom. The summed E-state index contributed by atoms with van der Waals surface area (Å²) in [5, 5.41) is 3.09. The zero-order valence-corrected chi connectivity index (χ0v) is 13.0. The molecule has 0 saturated heterocycles. The van der Waals surface area contributed by atoms with Gasteiger partial charge in [-0.1, -0.05) is 31.2 Å². The molecule has 0 heterocycles. The van der Waals surface area contributed by atoms with Gasteiger partial charge in [0.1, 0.15) is 0 Å². The van der Waals surface area contributed by atoms with E-state index in [4.69, 9.17) is 11.6 Å². The molecule has 2 unspecified atom stereocenters. The van der Waals surface area contributed by atoms with Crippen molar-refractivity contribution in [2.75, 3.05) is 12.4 Å². The number of nitrogens with one attached hydrogen (secondary N) is 1. The van der Waals surface area contributed by atoms with E-state index in [9.17, 15) is 4.79 Å². The highest BCUT2D eigenvalue weighted by Gasteiger charge is 2.25. The topological polar surface area (TPSA) is 29.1 Å². The molecule has 0 bridgehead atoms. The number of hydrogen-bond donors (Lipinski definition) is 1. The first-order valence-electron chi connectivity index (χ1n) is 7.64. The number of fused-ring (bicyclic) bond motifs is 1. The Morgan fingerprint density at radius 1 is 1.45 bits per heavy atom. The Morgan fingerprint density at radius 2 is 2.25 bits per heavy atom. The van der Waals surface area contributed by atoms with Crippen LogP contribution >= 0.6 is 11.6 Å². The van der Waals surface area contributed by atoms with Crippen LogP contribution in [-0.2, 0) is 11.2 Å². The highest BCUT2D eigenvalue weighted by Crippen LogP contribution is 2.31. The van der Waals surface area contributed by atoms with Crippen molar-refractivity contribution < 1.29 is 4.79 Å². The maximum atomic E-state index is 12.3. The first-order chi connectivity index (χ1) is 9.72. The van der Waals surface area contributed by atoms with E-state index in [-0.39, 0.29) is 11.8 Å². The molecule has 1 N–H and O–H groups in total. The second kappa shape index (κ2) is 7.68. The number of aryl methyl sites for hydroxylation is 1. The lowest BCUT2D eigenvalue weighted by Crippen LogP contribution is -2.32. The van der Waals surface area contributed by atoms with Gasteiger partial charge in [0, 0.05) is 12.4 Å². The van der Waals surface area contributed by atoms with Crippen molar-refractivity contribution in [1.82, 2.24) is 5.32 Å². The summed E-state index contributed by atoms with van der Waals surface area (Å²) in [5.41, 5.74) is 2.57. The van der Waals surface area contributed by atoms with Crippen molar-refractivity contribution in [1.29, 1.82) is 0 Å². The summed E-state index contributed by atoms with van der Waals surface area (Å²) in [5.74, 6) is 1.47. The third-order valence-electron chi connectivity index (χ3n) is 4.12. The van der Waals surface area contributed by atoms with Crippen molar-refractivity contribution in [2.24, 2.45) is 5.92 Å². The monoisotopic (exact) mass is 293 g/mol. The second-order valence-electron chi connectivity index (χ2n) is 5.84.